The molecule has 24 heavy (non-hydrogen) atoms. The summed E-state index contributed by atoms with van der Waals surface area (Å²) in [5.74, 6) is 0. The predicted octanol–water partition coefficient (Wildman–Crippen LogP) is 4.65. The molecule has 0 aliphatic rings. The molecule has 0 saturated heterocycles. The van der Waals surface area contributed by atoms with Gasteiger partial charge in [-0.3, -0.25) is 0 Å². The number of carbonyl (C=O) groups excluding carboxylic acids is 1. The number of carbonyl (C=O) groups is 1. The average Bonchev–Trinajstić information content (AvgIpc) is 2.91. The van der Waals surface area contributed by atoms with Crippen molar-refractivity contribution in [2.24, 2.45) is 0 Å². The van der Waals surface area contributed by atoms with Gasteiger partial charge in [-0.25, -0.2) is 9.78 Å². The van der Waals surface area contributed by atoms with Gasteiger partial charge in [-0.05, 0) is 46.2 Å². The van der Waals surface area contributed by atoms with Crippen molar-refractivity contribution in [3.63, 3.8) is 0 Å². The molecule has 0 aliphatic heterocycles. The first-order chi connectivity index (χ1) is 11.3. The molecule has 1 aromatic carbocycles. The van der Waals surface area contributed by atoms with E-state index < -0.39 is 11.7 Å². The van der Waals surface area contributed by atoms with Crippen molar-refractivity contribution in [1.29, 1.82) is 0 Å². The Morgan fingerprint density at radius 2 is 2.04 bits per heavy atom. The van der Waals surface area contributed by atoms with E-state index in [0.29, 0.717) is 6.54 Å². The normalized spacial score (nSPS) is 12.5. The lowest BCUT2D eigenvalue weighted by Gasteiger charge is -2.21. The number of rotatable bonds is 5. The Balaban J connectivity index is 2.02. The number of amides is 1. The highest BCUT2D eigenvalue weighted by atomic mass is 32.1. The number of para-hydroxylation sites is 1. The minimum Gasteiger partial charge on any atom is -0.444 e. The number of hydrogen-bond acceptors (Lipinski definition) is 5. The van der Waals surface area contributed by atoms with Crippen LogP contribution in [-0.4, -0.2) is 16.7 Å². The van der Waals surface area contributed by atoms with E-state index in [9.17, 15) is 4.79 Å². The number of ether oxygens (including phenoxy) is 1. The first-order valence-electron chi connectivity index (χ1n) is 7.97. The lowest BCUT2D eigenvalue weighted by atomic mass is 10.1. The van der Waals surface area contributed by atoms with Crippen molar-refractivity contribution < 1.29 is 9.53 Å². The number of hydrogen-bond donors (Lipinski definition) is 2. The van der Waals surface area contributed by atoms with Crippen LogP contribution in [0.3, 0.4) is 0 Å². The third-order valence-electron chi connectivity index (χ3n) is 3.39. The van der Waals surface area contributed by atoms with E-state index in [1.54, 1.807) is 11.3 Å². The Kier molecular flexibility index (Phi) is 5.83. The van der Waals surface area contributed by atoms with Gasteiger partial charge in [0.2, 0.25) is 0 Å². The van der Waals surface area contributed by atoms with Gasteiger partial charge in [0.25, 0.3) is 0 Å². The fourth-order valence-electron chi connectivity index (χ4n) is 2.32. The lowest BCUT2D eigenvalue weighted by molar-refractivity contribution is 0.0523. The van der Waals surface area contributed by atoms with Crippen LogP contribution in [-0.2, 0) is 11.3 Å². The Morgan fingerprint density at radius 3 is 2.67 bits per heavy atom. The molecule has 0 aliphatic carbocycles. The second-order valence-corrected chi connectivity index (χ2v) is 7.57. The molecule has 2 rings (SSSR count). The van der Waals surface area contributed by atoms with Crippen molar-refractivity contribution in [2.75, 3.05) is 5.32 Å². The zero-order chi connectivity index (χ0) is 17.7. The van der Waals surface area contributed by atoms with Gasteiger partial charge in [-0.15, -0.1) is 11.3 Å². The molecule has 2 aromatic rings. The summed E-state index contributed by atoms with van der Waals surface area (Å²) in [5, 5.41) is 6.31. The van der Waals surface area contributed by atoms with Gasteiger partial charge in [0, 0.05) is 17.1 Å². The number of anilines is 1. The monoisotopic (exact) mass is 347 g/mol. The molecule has 0 bridgehead atoms. The molecule has 1 atom stereocenters. The standard InChI is InChI=1S/C18H25N3O2S/c1-12-16(24-11-20-12)13(2)21-15-9-7-6-8-14(15)10-19-17(22)23-18(3,4)5/h6-9,11,13,21H,10H2,1-5H3,(H,19,22). The minimum atomic E-state index is -0.500. The van der Waals surface area contributed by atoms with E-state index >= 15 is 0 Å². The summed E-state index contributed by atoms with van der Waals surface area (Å²) in [6, 6.07) is 8.09. The summed E-state index contributed by atoms with van der Waals surface area (Å²) in [7, 11) is 0. The van der Waals surface area contributed by atoms with Gasteiger partial charge >= 0.3 is 6.09 Å². The highest BCUT2D eigenvalue weighted by Crippen LogP contribution is 2.26. The minimum absolute atomic E-state index is 0.153. The average molecular weight is 347 g/mol. The van der Waals surface area contributed by atoms with Gasteiger partial charge in [0.15, 0.2) is 0 Å². The Bertz CT molecular complexity index is 692. The number of aromatic nitrogens is 1. The fourth-order valence-corrected chi connectivity index (χ4v) is 3.13. The second kappa shape index (κ2) is 7.66. The number of nitrogens with zero attached hydrogens (tertiary/aromatic N) is 1. The summed E-state index contributed by atoms with van der Waals surface area (Å²) >= 11 is 1.64. The molecule has 2 N–H and O–H groups in total. The molecule has 0 saturated carbocycles. The maximum atomic E-state index is 11.8. The van der Waals surface area contributed by atoms with Crippen molar-refractivity contribution >= 4 is 23.1 Å². The number of aryl methyl sites for hydroxylation is 1. The Hall–Kier alpha value is -2.08. The lowest BCUT2D eigenvalue weighted by Crippen LogP contribution is -2.32. The second-order valence-electron chi connectivity index (χ2n) is 6.68. The largest absolute Gasteiger partial charge is 0.444 e. The molecule has 6 heteroatoms. The Morgan fingerprint density at radius 1 is 1.33 bits per heavy atom. The van der Waals surface area contributed by atoms with Crippen LogP contribution in [0.1, 0.15) is 49.9 Å². The van der Waals surface area contributed by atoms with Crippen LogP contribution >= 0.6 is 11.3 Å². The summed E-state index contributed by atoms with van der Waals surface area (Å²) < 4.78 is 5.28. The van der Waals surface area contributed by atoms with Crippen molar-refractivity contribution in [2.45, 2.75) is 52.8 Å². The first-order valence-corrected chi connectivity index (χ1v) is 8.85. The van der Waals surface area contributed by atoms with Crippen molar-refractivity contribution in [3.8, 4) is 0 Å². The molecule has 0 spiro atoms. The van der Waals surface area contributed by atoms with E-state index in [1.165, 1.54) is 4.88 Å². The molecule has 5 nitrogen and oxygen atoms in total. The molecular formula is C18H25N3O2S. The summed E-state index contributed by atoms with van der Waals surface area (Å²) in [6.45, 7) is 10.1. The number of nitrogens with one attached hydrogen (secondary N) is 2. The van der Waals surface area contributed by atoms with Crippen LogP contribution in [0.15, 0.2) is 29.8 Å². The zero-order valence-electron chi connectivity index (χ0n) is 14.8. The fraction of sp³-hybridized carbons (Fsp3) is 0.444. The quantitative estimate of drug-likeness (QED) is 0.826. The number of alkyl carbamates (subject to hydrolysis) is 1. The molecule has 130 valence electrons. The highest BCUT2D eigenvalue weighted by Gasteiger charge is 2.17. The van der Waals surface area contributed by atoms with Gasteiger partial charge < -0.3 is 15.4 Å². The van der Waals surface area contributed by atoms with Crippen LogP contribution < -0.4 is 10.6 Å². The van der Waals surface area contributed by atoms with Gasteiger partial charge in [0.05, 0.1) is 17.2 Å². The molecule has 1 unspecified atom stereocenters. The third kappa shape index (κ3) is 5.23. The van der Waals surface area contributed by atoms with Crippen molar-refractivity contribution in [3.05, 3.63) is 45.9 Å². The summed E-state index contributed by atoms with van der Waals surface area (Å²) in [6.07, 6.45) is -0.413. The molecule has 1 heterocycles. The van der Waals surface area contributed by atoms with Crippen molar-refractivity contribution in [1.82, 2.24) is 10.3 Å². The van der Waals surface area contributed by atoms with E-state index in [-0.39, 0.29) is 6.04 Å². The molecule has 1 amide bonds. The molecule has 0 radical (unpaired) electrons. The van der Waals surface area contributed by atoms with Crippen LogP contribution in [0.2, 0.25) is 0 Å². The van der Waals surface area contributed by atoms with Gasteiger partial charge in [0.1, 0.15) is 5.60 Å². The van der Waals surface area contributed by atoms with Gasteiger partial charge in [-0.1, -0.05) is 18.2 Å². The summed E-state index contributed by atoms with van der Waals surface area (Å²) in [4.78, 5) is 17.3. The Labute approximate surface area is 147 Å². The maximum absolute atomic E-state index is 11.8. The topological polar surface area (TPSA) is 63.2 Å². The first kappa shape index (κ1) is 18.3. The number of benzene rings is 1. The summed E-state index contributed by atoms with van der Waals surface area (Å²) in [5.41, 5.74) is 4.41. The van der Waals surface area contributed by atoms with E-state index in [0.717, 1.165) is 16.9 Å². The van der Waals surface area contributed by atoms with E-state index in [1.807, 2.05) is 57.5 Å². The number of thiazole rings is 1. The highest BCUT2D eigenvalue weighted by molar-refractivity contribution is 7.09. The predicted molar refractivity (Wildman–Crippen MR) is 98.4 cm³/mol. The smallest absolute Gasteiger partial charge is 0.407 e. The maximum Gasteiger partial charge on any atom is 0.407 e. The third-order valence-corrected chi connectivity index (χ3v) is 4.50. The van der Waals surface area contributed by atoms with E-state index in [2.05, 4.69) is 22.5 Å². The SMILES string of the molecule is Cc1ncsc1C(C)Nc1ccccc1CNC(=O)OC(C)(C)C. The van der Waals surface area contributed by atoms with Gasteiger partial charge in [-0.2, -0.15) is 0 Å². The van der Waals surface area contributed by atoms with Crippen LogP contribution in [0, 0.1) is 6.92 Å². The molecule has 1 aromatic heterocycles. The van der Waals surface area contributed by atoms with E-state index in [4.69, 9.17) is 4.74 Å². The molecular weight excluding hydrogens is 322 g/mol. The van der Waals surface area contributed by atoms with Crippen LogP contribution in [0.25, 0.3) is 0 Å². The zero-order valence-corrected chi connectivity index (χ0v) is 15.7. The van der Waals surface area contributed by atoms with Crippen LogP contribution in [0.5, 0.6) is 0 Å². The van der Waals surface area contributed by atoms with Crippen LogP contribution in [0.4, 0.5) is 10.5 Å². The molecule has 0 fully saturated rings.